The van der Waals surface area contributed by atoms with Gasteiger partial charge in [-0.25, -0.2) is 9.97 Å². The monoisotopic (exact) mass is 162 g/mol. The molecule has 0 fully saturated rings. The number of anilines is 1. The summed E-state index contributed by atoms with van der Waals surface area (Å²) >= 11 is 0. The summed E-state index contributed by atoms with van der Waals surface area (Å²) in [7, 11) is 0. The van der Waals surface area contributed by atoms with Crippen LogP contribution in [-0.4, -0.2) is 22.1 Å². The Kier molecular flexibility index (Phi) is 1.55. The second kappa shape index (κ2) is 2.69. The number of amides is 1. The summed E-state index contributed by atoms with van der Waals surface area (Å²) in [5, 5.41) is 5.16. The van der Waals surface area contributed by atoms with Gasteiger partial charge >= 0.3 is 0 Å². The van der Waals surface area contributed by atoms with Crippen molar-refractivity contribution in [2.24, 2.45) is 5.10 Å². The molecule has 0 saturated heterocycles. The van der Waals surface area contributed by atoms with Crippen LogP contribution in [0.4, 0.5) is 5.69 Å². The van der Waals surface area contributed by atoms with Gasteiger partial charge in [-0.1, -0.05) is 0 Å². The molecule has 12 heavy (non-hydrogen) atoms. The Hall–Kier alpha value is -1.78. The maximum absolute atomic E-state index is 11.1. The standard InChI is InChI=1S/C7H6N4O/c12-7-1-2-10-11(7)6-3-8-5-9-4-6/h2-5H,1H2. The molecule has 0 unspecified atom stereocenters. The van der Waals surface area contributed by atoms with E-state index in [1.807, 2.05) is 0 Å². The number of hydrogen-bond acceptors (Lipinski definition) is 4. The molecule has 0 aromatic carbocycles. The topological polar surface area (TPSA) is 58.5 Å². The fraction of sp³-hybridized carbons (Fsp3) is 0.143. The molecule has 0 N–H and O–H groups in total. The van der Waals surface area contributed by atoms with Crippen LogP contribution in [0, 0.1) is 0 Å². The van der Waals surface area contributed by atoms with Gasteiger partial charge in [0, 0.05) is 6.21 Å². The van der Waals surface area contributed by atoms with E-state index in [0.717, 1.165) is 0 Å². The van der Waals surface area contributed by atoms with Crippen LogP contribution in [0.2, 0.25) is 0 Å². The van der Waals surface area contributed by atoms with Crippen molar-refractivity contribution in [2.75, 3.05) is 5.01 Å². The molecule has 0 saturated carbocycles. The Morgan fingerprint density at radius 3 is 2.67 bits per heavy atom. The number of nitrogens with zero attached hydrogens (tertiary/aromatic N) is 4. The van der Waals surface area contributed by atoms with Crippen molar-refractivity contribution in [3.05, 3.63) is 18.7 Å². The van der Waals surface area contributed by atoms with E-state index in [1.165, 1.54) is 11.3 Å². The Balaban J connectivity index is 2.31. The molecule has 0 spiro atoms. The normalized spacial score (nSPS) is 15.7. The summed E-state index contributed by atoms with van der Waals surface area (Å²) < 4.78 is 0. The maximum Gasteiger partial charge on any atom is 0.252 e. The zero-order valence-corrected chi connectivity index (χ0v) is 6.21. The molecule has 60 valence electrons. The van der Waals surface area contributed by atoms with Gasteiger partial charge in [0.05, 0.1) is 18.8 Å². The fourth-order valence-electron chi connectivity index (χ4n) is 0.963. The largest absolute Gasteiger partial charge is 0.272 e. The zero-order chi connectivity index (χ0) is 8.39. The highest BCUT2D eigenvalue weighted by Crippen LogP contribution is 2.14. The van der Waals surface area contributed by atoms with Crippen LogP contribution in [0.25, 0.3) is 0 Å². The molecule has 0 bridgehead atoms. The van der Waals surface area contributed by atoms with Gasteiger partial charge in [0.2, 0.25) is 0 Å². The highest BCUT2D eigenvalue weighted by molar-refractivity contribution is 6.05. The number of hydrogen-bond donors (Lipinski definition) is 0. The average molecular weight is 162 g/mol. The van der Waals surface area contributed by atoms with E-state index < -0.39 is 0 Å². The van der Waals surface area contributed by atoms with E-state index >= 15 is 0 Å². The maximum atomic E-state index is 11.1. The minimum absolute atomic E-state index is 0.0511. The third kappa shape index (κ3) is 1.05. The van der Waals surface area contributed by atoms with E-state index in [4.69, 9.17) is 0 Å². The average Bonchev–Trinajstić information content (AvgIpc) is 2.53. The van der Waals surface area contributed by atoms with Gasteiger partial charge in [0.25, 0.3) is 5.91 Å². The van der Waals surface area contributed by atoms with Gasteiger partial charge in [-0.3, -0.25) is 4.79 Å². The fourth-order valence-corrected chi connectivity index (χ4v) is 0.963. The molecule has 2 heterocycles. The van der Waals surface area contributed by atoms with Gasteiger partial charge in [0.15, 0.2) is 0 Å². The van der Waals surface area contributed by atoms with Crippen molar-refractivity contribution in [2.45, 2.75) is 6.42 Å². The van der Waals surface area contributed by atoms with Crippen molar-refractivity contribution in [1.82, 2.24) is 9.97 Å². The lowest BCUT2D eigenvalue weighted by Crippen LogP contribution is -2.19. The first kappa shape index (κ1) is 6.90. The summed E-state index contributed by atoms with van der Waals surface area (Å²) in [6.45, 7) is 0. The summed E-state index contributed by atoms with van der Waals surface area (Å²) in [4.78, 5) is 18.7. The van der Waals surface area contributed by atoms with Gasteiger partial charge in [0.1, 0.15) is 12.0 Å². The smallest absolute Gasteiger partial charge is 0.252 e. The zero-order valence-electron chi connectivity index (χ0n) is 6.21. The third-order valence-electron chi connectivity index (χ3n) is 1.49. The first-order chi connectivity index (χ1) is 5.88. The van der Waals surface area contributed by atoms with Gasteiger partial charge in [-0.15, -0.1) is 0 Å². The minimum atomic E-state index is -0.0511. The molecule has 2 rings (SSSR count). The summed E-state index contributed by atoms with van der Waals surface area (Å²) in [5.41, 5.74) is 0.608. The van der Waals surface area contributed by atoms with E-state index in [1.54, 1.807) is 18.6 Å². The van der Waals surface area contributed by atoms with Crippen molar-refractivity contribution < 1.29 is 4.79 Å². The van der Waals surface area contributed by atoms with Crippen molar-refractivity contribution in [1.29, 1.82) is 0 Å². The predicted octanol–water partition coefficient (Wildman–Crippen LogP) is 0.199. The molecular formula is C7H6N4O. The first-order valence-electron chi connectivity index (χ1n) is 3.48. The Morgan fingerprint density at radius 2 is 2.08 bits per heavy atom. The quantitative estimate of drug-likeness (QED) is 0.592. The van der Waals surface area contributed by atoms with Crippen molar-refractivity contribution >= 4 is 17.8 Å². The Morgan fingerprint density at radius 1 is 1.33 bits per heavy atom. The molecule has 5 heteroatoms. The highest BCUT2D eigenvalue weighted by Gasteiger charge is 2.18. The van der Waals surface area contributed by atoms with Gasteiger partial charge in [-0.05, 0) is 0 Å². The second-order valence-electron chi connectivity index (χ2n) is 2.30. The minimum Gasteiger partial charge on any atom is -0.272 e. The first-order valence-corrected chi connectivity index (χ1v) is 3.48. The van der Waals surface area contributed by atoms with Gasteiger partial charge in [-0.2, -0.15) is 10.1 Å². The molecular weight excluding hydrogens is 156 g/mol. The lowest BCUT2D eigenvalue weighted by molar-refractivity contribution is -0.116. The third-order valence-corrected chi connectivity index (χ3v) is 1.49. The summed E-state index contributed by atoms with van der Waals surface area (Å²) in [5.74, 6) is -0.0511. The number of carbonyl (C=O) groups is 1. The van der Waals surface area contributed by atoms with Crippen LogP contribution < -0.4 is 5.01 Å². The van der Waals surface area contributed by atoms with Crippen LogP contribution in [0.5, 0.6) is 0 Å². The molecule has 0 atom stereocenters. The lowest BCUT2D eigenvalue weighted by Gasteiger charge is -2.09. The predicted molar refractivity (Wildman–Crippen MR) is 42.6 cm³/mol. The molecule has 1 aliphatic rings. The summed E-state index contributed by atoms with van der Waals surface area (Å²) in [6.07, 6.45) is 6.43. The number of aromatic nitrogens is 2. The molecule has 0 radical (unpaired) electrons. The number of carbonyl (C=O) groups excluding carboxylic acids is 1. The molecule has 0 aliphatic carbocycles. The Bertz CT molecular complexity index is 321. The second-order valence-corrected chi connectivity index (χ2v) is 2.30. The van der Waals surface area contributed by atoms with Crippen LogP contribution in [0.1, 0.15) is 6.42 Å². The number of rotatable bonds is 1. The van der Waals surface area contributed by atoms with E-state index in [9.17, 15) is 4.79 Å². The molecule has 5 nitrogen and oxygen atoms in total. The molecule has 1 aromatic rings. The van der Waals surface area contributed by atoms with Crippen molar-refractivity contribution in [3.8, 4) is 0 Å². The molecule has 1 amide bonds. The SMILES string of the molecule is O=C1CC=NN1c1cncnc1. The van der Waals surface area contributed by atoms with Crippen LogP contribution in [-0.2, 0) is 4.79 Å². The molecule has 1 aromatic heterocycles. The number of hydrazone groups is 1. The highest BCUT2D eigenvalue weighted by atomic mass is 16.2. The Labute approximate surface area is 68.7 Å². The van der Waals surface area contributed by atoms with E-state index in [-0.39, 0.29) is 5.91 Å². The van der Waals surface area contributed by atoms with Crippen LogP contribution >= 0.6 is 0 Å². The van der Waals surface area contributed by atoms with Gasteiger partial charge < -0.3 is 0 Å². The van der Waals surface area contributed by atoms with E-state index in [0.29, 0.717) is 12.1 Å². The van der Waals surface area contributed by atoms with Crippen molar-refractivity contribution in [3.63, 3.8) is 0 Å². The lowest BCUT2D eigenvalue weighted by atomic mass is 10.4. The van der Waals surface area contributed by atoms with E-state index in [2.05, 4.69) is 15.1 Å². The summed E-state index contributed by atoms with van der Waals surface area (Å²) in [6, 6.07) is 0. The van der Waals surface area contributed by atoms with Crippen LogP contribution in [0.3, 0.4) is 0 Å². The molecule has 1 aliphatic heterocycles. The van der Waals surface area contributed by atoms with Crippen LogP contribution in [0.15, 0.2) is 23.8 Å².